The van der Waals surface area contributed by atoms with Gasteiger partial charge in [-0.2, -0.15) is 12.7 Å². The maximum absolute atomic E-state index is 12.0. The highest BCUT2D eigenvalue weighted by atomic mass is 32.2. The van der Waals surface area contributed by atoms with Gasteiger partial charge in [-0.05, 0) is 30.0 Å². The molecule has 0 amide bonds. The molecular formula is C14H19N3O4S. The molecule has 1 aromatic heterocycles. The van der Waals surface area contributed by atoms with Crippen molar-refractivity contribution in [2.24, 2.45) is 0 Å². The first-order chi connectivity index (χ1) is 10.3. The molecule has 0 radical (unpaired) electrons. The molecule has 120 valence electrons. The lowest BCUT2D eigenvalue weighted by molar-refractivity contribution is 0.415. The third kappa shape index (κ3) is 3.65. The molecule has 2 aromatic rings. The Bertz CT molecular complexity index is 828. The first kappa shape index (κ1) is 16.5. The topological polar surface area (TPSA) is 91.5 Å². The Kier molecular flexibility index (Phi) is 4.84. The molecule has 0 fully saturated rings. The zero-order chi connectivity index (χ0) is 16.3. The van der Waals surface area contributed by atoms with Crippen molar-refractivity contribution in [1.29, 1.82) is 0 Å². The summed E-state index contributed by atoms with van der Waals surface area (Å²) in [5.41, 5.74) is 0.978. The third-order valence-electron chi connectivity index (χ3n) is 3.29. The summed E-state index contributed by atoms with van der Waals surface area (Å²) < 4.78 is 31.8. The molecule has 0 spiro atoms. The van der Waals surface area contributed by atoms with E-state index >= 15 is 0 Å². The molecule has 0 unspecified atom stereocenters. The Balaban J connectivity index is 2.19. The van der Waals surface area contributed by atoms with E-state index in [1.165, 1.54) is 14.1 Å². The number of ether oxygens (including phenoxy) is 1. The zero-order valence-electron chi connectivity index (χ0n) is 12.7. The summed E-state index contributed by atoms with van der Waals surface area (Å²) in [6.45, 7) is 0.158. The van der Waals surface area contributed by atoms with E-state index < -0.39 is 10.2 Å². The fourth-order valence-corrected chi connectivity index (χ4v) is 2.60. The van der Waals surface area contributed by atoms with Crippen molar-refractivity contribution in [3.63, 3.8) is 0 Å². The van der Waals surface area contributed by atoms with E-state index in [-0.39, 0.29) is 12.1 Å². The molecule has 0 aliphatic carbocycles. The third-order valence-corrected chi connectivity index (χ3v) is 4.82. The van der Waals surface area contributed by atoms with E-state index in [2.05, 4.69) is 9.71 Å². The first-order valence-corrected chi connectivity index (χ1v) is 8.14. The lowest BCUT2D eigenvalue weighted by atomic mass is 10.1. The SMILES string of the molecule is COc1ccc2cc(CCNS(=O)(=O)N(C)C)c(=O)[nH]c2c1. The van der Waals surface area contributed by atoms with Crippen molar-refractivity contribution in [2.45, 2.75) is 6.42 Å². The molecule has 1 aromatic carbocycles. The summed E-state index contributed by atoms with van der Waals surface area (Å²) in [7, 11) is 0.968. The van der Waals surface area contributed by atoms with Gasteiger partial charge in [-0.25, -0.2) is 4.72 Å². The molecule has 2 rings (SSSR count). The minimum absolute atomic E-state index is 0.158. The van der Waals surface area contributed by atoms with E-state index in [9.17, 15) is 13.2 Å². The second-order valence-corrected chi connectivity index (χ2v) is 6.98. The van der Waals surface area contributed by atoms with E-state index in [1.807, 2.05) is 6.07 Å². The summed E-state index contributed by atoms with van der Waals surface area (Å²) in [5, 5.41) is 0.867. The summed E-state index contributed by atoms with van der Waals surface area (Å²) in [6, 6.07) is 7.16. The van der Waals surface area contributed by atoms with E-state index in [4.69, 9.17) is 4.74 Å². The summed E-state index contributed by atoms with van der Waals surface area (Å²) in [4.78, 5) is 14.8. The molecule has 1 heterocycles. The van der Waals surface area contributed by atoms with Crippen LogP contribution >= 0.6 is 0 Å². The summed E-state index contributed by atoms with van der Waals surface area (Å²) in [6.07, 6.45) is 0.310. The van der Waals surface area contributed by atoms with Gasteiger partial charge in [0.05, 0.1) is 12.6 Å². The summed E-state index contributed by atoms with van der Waals surface area (Å²) in [5.74, 6) is 0.662. The number of aromatic nitrogens is 1. The predicted molar refractivity (Wildman–Crippen MR) is 85.4 cm³/mol. The number of aromatic amines is 1. The number of nitrogens with zero attached hydrogens (tertiary/aromatic N) is 1. The van der Waals surface area contributed by atoms with Crippen molar-refractivity contribution in [1.82, 2.24) is 14.0 Å². The van der Waals surface area contributed by atoms with Gasteiger partial charge in [0, 0.05) is 32.3 Å². The van der Waals surface area contributed by atoms with Crippen molar-refractivity contribution < 1.29 is 13.2 Å². The fourth-order valence-electron chi connectivity index (χ4n) is 1.98. The van der Waals surface area contributed by atoms with Crippen LogP contribution in [0.5, 0.6) is 5.75 Å². The number of nitrogens with one attached hydrogen (secondary N) is 2. The van der Waals surface area contributed by atoms with Crippen LogP contribution in [0.3, 0.4) is 0 Å². The van der Waals surface area contributed by atoms with E-state index in [0.717, 1.165) is 9.69 Å². The van der Waals surface area contributed by atoms with Gasteiger partial charge in [0.1, 0.15) is 5.75 Å². The molecule has 2 N–H and O–H groups in total. The molecule has 22 heavy (non-hydrogen) atoms. The van der Waals surface area contributed by atoms with Gasteiger partial charge in [0.2, 0.25) is 0 Å². The van der Waals surface area contributed by atoms with Crippen molar-refractivity contribution in [3.8, 4) is 5.75 Å². The molecular weight excluding hydrogens is 306 g/mol. The number of benzene rings is 1. The van der Waals surface area contributed by atoms with Gasteiger partial charge in [0.25, 0.3) is 15.8 Å². The maximum Gasteiger partial charge on any atom is 0.278 e. The number of hydrogen-bond donors (Lipinski definition) is 2. The van der Waals surface area contributed by atoms with Crippen LogP contribution in [0.4, 0.5) is 0 Å². The predicted octanol–water partition coefficient (Wildman–Crippen LogP) is 0.475. The lowest BCUT2D eigenvalue weighted by Crippen LogP contribution is -2.37. The van der Waals surface area contributed by atoms with Crippen LogP contribution < -0.4 is 15.0 Å². The normalized spacial score (nSPS) is 12.0. The van der Waals surface area contributed by atoms with Crippen LogP contribution in [0.2, 0.25) is 0 Å². The zero-order valence-corrected chi connectivity index (χ0v) is 13.5. The number of methoxy groups -OCH3 is 1. The van der Waals surface area contributed by atoms with Crippen molar-refractivity contribution in [3.05, 3.63) is 40.2 Å². The standard InChI is InChI=1S/C14H19N3O4S/c1-17(2)22(19,20)15-7-6-11-8-10-4-5-12(21-3)9-13(10)16-14(11)18/h4-5,8-9,15H,6-7H2,1-3H3,(H,16,18). The molecule has 0 saturated carbocycles. The molecule has 0 aliphatic rings. The Labute approximate surface area is 129 Å². The van der Waals surface area contributed by atoms with Crippen LogP contribution in [-0.2, 0) is 16.6 Å². The number of fused-ring (bicyclic) bond motifs is 1. The molecule has 0 saturated heterocycles. The van der Waals surface area contributed by atoms with Gasteiger partial charge >= 0.3 is 0 Å². The monoisotopic (exact) mass is 325 g/mol. The van der Waals surface area contributed by atoms with Gasteiger partial charge in [0.15, 0.2) is 0 Å². The van der Waals surface area contributed by atoms with Crippen LogP contribution in [0.15, 0.2) is 29.1 Å². The number of rotatable bonds is 6. The quantitative estimate of drug-likeness (QED) is 0.808. The van der Waals surface area contributed by atoms with Crippen LogP contribution in [0, 0.1) is 0 Å². The molecule has 0 bridgehead atoms. The van der Waals surface area contributed by atoms with E-state index in [1.54, 1.807) is 25.3 Å². The number of H-pyrrole nitrogens is 1. The minimum atomic E-state index is -3.48. The average molecular weight is 325 g/mol. The highest BCUT2D eigenvalue weighted by Crippen LogP contribution is 2.18. The molecule has 8 heteroatoms. The fraction of sp³-hybridized carbons (Fsp3) is 0.357. The van der Waals surface area contributed by atoms with Gasteiger partial charge < -0.3 is 9.72 Å². The van der Waals surface area contributed by atoms with Crippen LogP contribution in [0.1, 0.15) is 5.56 Å². The smallest absolute Gasteiger partial charge is 0.278 e. The largest absolute Gasteiger partial charge is 0.497 e. The van der Waals surface area contributed by atoms with Crippen LogP contribution in [-0.4, -0.2) is 45.5 Å². The number of hydrogen-bond acceptors (Lipinski definition) is 4. The van der Waals surface area contributed by atoms with Gasteiger partial charge in [-0.1, -0.05) is 0 Å². The Morgan fingerprint density at radius 2 is 2.00 bits per heavy atom. The Hall–Kier alpha value is -1.90. The maximum atomic E-state index is 12.0. The molecule has 0 aliphatic heterocycles. The van der Waals surface area contributed by atoms with Crippen molar-refractivity contribution in [2.75, 3.05) is 27.7 Å². The van der Waals surface area contributed by atoms with Crippen molar-refractivity contribution >= 4 is 21.1 Å². The molecule has 0 atom stereocenters. The highest BCUT2D eigenvalue weighted by molar-refractivity contribution is 7.87. The first-order valence-electron chi connectivity index (χ1n) is 6.70. The second-order valence-electron chi connectivity index (χ2n) is 5.01. The molecule has 7 nitrogen and oxygen atoms in total. The van der Waals surface area contributed by atoms with Crippen LogP contribution in [0.25, 0.3) is 10.9 Å². The van der Waals surface area contributed by atoms with Gasteiger partial charge in [-0.3, -0.25) is 4.79 Å². The Morgan fingerprint density at radius 3 is 2.64 bits per heavy atom. The second kappa shape index (κ2) is 6.47. The van der Waals surface area contributed by atoms with Gasteiger partial charge in [-0.15, -0.1) is 0 Å². The van der Waals surface area contributed by atoms with E-state index in [0.29, 0.717) is 23.3 Å². The highest BCUT2D eigenvalue weighted by Gasteiger charge is 2.12. The number of pyridine rings is 1. The average Bonchev–Trinajstić information content (AvgIpc) is 2.47. The summed E-state index contributed by atoms with van der Waals surface area (Å²) >= 11 is 0. The minimum Gasteiger partial charge on any atom is -0.497 e. The lowest BCUT2D eigenvalue weighted by Gasteiger charge is -2.12. The Morgan fingerprint density at radius 1 is 1.27 bits per heavy atom.